The van der Waals surface area contributed by atoms with E-state index in [4.69, 9.17) is 23.7 Å². The number of aliphatic hydroxyl groups excluding tert-OH is 2. The quantitative estimate of drug-likeness (QED) is 0.0228. The fourth-order valence-electron chi connectivity index (χ4n) is 9.04. The highest BCUT2D eigenvalue weighted by molar-refractivity contribution is 5.74. The third-order valence-corrected chi connectivity index (χ3v) is 13.8. The number of allylic oxidation sites excluding steroid dienone is 18. The van der Waals surface area contributed by atoms with Crippen LogP contribution in [-0.4, -0.2) is 89.2 Å². The zero-order valence-corrected chi connectivity index (χ0v) is 50.7. The van der Waals surface area contributed by atoms with Crippen molar-refractivity contribution in [3.63, 3.8) is 0 Å². The first-order chi connectivity index (χ1) is 39.6. The van der Waals surface area contributed by atoms with Crippen molar-refractivity contribution in [1.29, 1.82) is 0 Å². The lowest BCUT2D eigenvalue weighted by atomic mass is 9.98. The summed E-state index contributed by atoms with van der Waals surface area (Å²) in [7, 11) is 0. The van der Waals surface area contributed by atoms with Crippen molar-refractivity contribution in [3.05, 3.63) is 109 Å². The van der Waals surface area contributed by atoms with Crippen molar-refractivity contribution < 1.29 is 58.2 Å². The number of hydrogen-bond acceptors (Lipinski definition) is 11. The van der Waals surface area contributed by atoms with E-state index < -0.39 is 67.3 Å². The average molecular weight is 1130 g/mol. The molecule has 12 heteroatoms. The van der Waals surface area contributed by atoms with E-state index in [1.807, 2.05) is 6.08 Å². The molecule has 81 heavy (non-hydrogen) atoms. The number of aliphatic hydroxyl groups is 2. The molecule has 0 aromatic carbocycles. The molecule has 1 rings (SSSR count). The number of esters is 3. The van der Waals surface area contributed by atoms with Gasteiger partial charge in [-0.15, -0.1) is 0 Å². The monoisotopic (exact) mass is 1130 g/mol. The molecule has 6 atom stereocenters. The molecule has 1 heterocycles. The summed E-state index contributed by atoms with van der Waals surface area (Å²) < 4.78 is 28.4. The van der Waals surface area contributed by atoms with Gasteiger partial charge < -0.3 is 39.0 Å². The molecule has 0 spiro atoms. The van der Waals surface area contributed by atoms with Gasteiger partial charge >= 0.3 is 23.9 Å². The maximum atomic E-state index is 13.2. The lowest BCUT2D eigenvalue weighted by molar-refractivity contribution is -0.301. The van der Waals surface area contributed by atoms with E-state index in [2.05, 4.69) is 124 Å². The van der Waals surface area contributed by atoms with E-state index in [1.54, 1.807) is 0 Å². The van der Waals surface area contributed by atoms with E-state index in [9.17, 15) is 34.5 Å². The summed E-state index contributed by atoms with van der Waals surface area (Å²) in [5, 5.41) is 31.6. The first kappa shape index (κ1) is 74.4. The van der Waals surface area contributed by atoms with Crippen LogP contribution >= 0.6 is 0 Å². The van der Waals surface area contributed by atoms with Crippen LogP contribution in [0.4, 0.5) is 0 Å². The van der Waals surface area contributed by atoms with Gasteiger partial charge in [0.2, 0.25) is 0 Å². The Morgan fingerprint density at radius 2 is 0.790 bits per heavy atom. The molecule has 0 aliphatic carbocycles. The number of rotatable bonds is 53. The highest BCUT2D eigenvalue weighted by atomic mass is 16.7. The molecular weight excluding hydrogens is 1020 g/mol. The summed E-state index contributed by atoms with van der Waals surface area (Å²) in [6.07, 6.45) is 63.4. The van der Waals surface area contributed by atoms with Crippen LogP contribution in [0.25, 0.3) is 0 Å². The lowest BCUT2D eigenvalue weighted by Gasteiger charge is -2.40. The molecule has 0 radical (unpaired) electrons. The Bertz CT molecular complexity index is 1820. The Hall–Kier alpha value is -4.62. The number of ether oxygens (including phenoxy) is 5. The van der Waals surface area contributed by atoms with Crippen LogP contribution in [0.2, 0.25) is 0 Å². The Balaban J connectivity index is 2.72. The van der Waals surface area contributed by atoms with E-state index in [-0.39, 0.29) is 25.9 Å². The average Bonchev–Trinajstić information content (AvgIpc) is 3.53. The van der Waals surface area contributed by atoms with Gasteiger partial charge in [-0.25, -0.2) is 4.79 Å². The number of unbranched alkanes of at least 4 members (excludes halogenated alkanes) is 21. The molecule has 0 bridgehead atoms. The Labute approximate surface area is 491 Å². The summed E-state index contributed by atoms with van der Waals surface area (Å²) in [6, 6.07) is 0. The normalized spacial score (nSPS) is 18.5. The molecular formula is C69H112O12. The minimum absolute atomic E-state index is 0.0503. The van der Waals surface area contributed by atoms with Crippen molar-refractivity contribution in [2.75, 3.05) is 13.2 Å². The minimum atomic E-state index is -1.92. The number of aliphatic carboxylic acids is 1. The van der Waals surface area contributed by atoms with Gasteiger partial charge in [-0.3, -0.25) is 14.4 Å². The Morgan fingerprint density at radius 1 is 0.420 bits per heavy atom. The SMILES string of the molecule is CC/C=C\C/C=C\C/C=C\C/C=C\C/C=C\CCCC(=O)OCC(COC1OC(C(=O)O)C(O)C(O)C1OC(=O)CCCCCCCCCCCCCCCCCCC)OC(=O)CCCCCC/C=C\C/C=C\C/C=C\C/C=C\CC. The van der Waals surface area contributed by atoms with Crippen molar-refractivity contribution in [1.82, 2.24) is 0 Å². The van der Waals surface area contributed by atoms with Crippen LogP contribution in [0.5, 0.6) is 0 Å². The molecule has 0 aromatic heterocycles. The number of hydrogen-bond donors (Lipinski definition) is 3. The van der Waals surface area contributed by atoms with E-state index in [1.165, 1.54) is 77.0 Å². The Kier molecular flexibility index (Phi) is 51.3. The van der Waals surface area contributed by atoms with E-state index in [0.29, 0.717) is 25.7 Å². The fourth-order valence-corrected chi connectivity index (χ4v) is 9.04. The molecule has 0 amide bonds. The second kappa shape index (κ2) is 55.9. The third kappa shape index (κ3) is 45.6. The lowest BCUT2D eigenvalue weighted by Crippen LogP contribution is -2.61. The summed E-state index contributed by atoms with van der Waals surface area (Å²) in [4.78, 5) is 51.3. The standard InChI is InChI=1S/C69H112O12/c1-4-7-10-13-16-19-22-25-28-31-34-37-40-43-46-49-52-55-61(70)77-58-60(79-62(71)56-53-50-47-44-41-38-35-32-29-26-23-20-17-14-11-8-5-2)59-78-69-67(65(74)64(73)66(81-69)68(75)76)80-63(72)57-54-51-48-45-42-39-36-33-30-27-24-21-18-15-12-9-6-3/h7-8,10-11,16-17,19-20,25-26,28-29,34-35,37-38,43,46,60,64-67,69,73-74H,4-6,9,12-15,18,21-24,27,30-33,36,39-42,44-45,47-59H2,1-3H3,(H,75,76)/b10-7-,11-8-,19-16-,20-17-,28-25-,29-26-,37-34-,38-35-,46-43-. The molecule has 1 aliphatic heterocycles. The van der Waals surface area contributed by atoms with Crippen LogP contribution in [0.3, 0.4) is 0 Å². The van der Waals surface area contributed by atoms with Gasteiger partial charge in [0.15, 0.2) is 24.6 Å². The molecule has 3 N–H and O–H groups in total. The first-order valence-corrected chi connectivity index (χ1v) is 31.9. The van der Waals surface area contributed by atoms with Gasteiger partial charge in [-0.1, -0.05) is 246 Å². The van der Waals surface area contributed by atoms with E-state index in [0.717, 1.165) is 109 Å². The molecule has 12 nitrogen and oxygen atoms in total. The highest BCUT2D eigenvalue weighted by Crippen LogP contribution is 2.26. The molecule has 0 saturated carbocycles. The number of carboxylic acid groups (broad SMARTS) is 1. The summed E-state index contributed by atoms with van der Waals surface area (Å²) in [5.74, 6) is -3.23. The van der Waals surface area contributed by atoms with Crippen LogP contribution < -0.4 is 0 Å². The predicted molar refractivity (Wildman–Crippen MR) is 330 cm³/mol. The summed E-state index contributed by atoms with van der Waals surface area (Å²) in [6.45, 7) is 5.72. The number of carbonyl (C=O) groups is 4. The van der Waals surface area contributed by atoms with Crippen LogP contribution in [0, 0.1) is 0 Å². The summed E-state index contributed by atoms with van der Waals surface area (Å²) >= 11 is 0. The molecule has 6 unspecified atom stereocenters. The van der Waals surface area contributed by atoms with Gasteiger partial charge in [0, 0.05) is 19.3 Å². The molecule has 1 saturated heterocycles. The first-order valence-electron chi connectivity index (χ1n) is 31.9. The van der Waals surface area contributed by atoms with Gasteiger partial charge in [-0.2, -0.15) is 0 Å². The second-order valence-corrected chi connectivity index (χ2v) is 21.3. The van der Waals surface area contributed by atoms with Crippen LogP contribution in [-0.2, 0) is 42.9 Å². The second-order valence-electron chi connectivity index (χ2n) is 21.3. The van der Waals surface area contributed by atoms with Crippen molar-refractivity contribution in [2.24, 2.45) is 0 Å². The van der Waals surface area contributed by atoms with Gasteiger partial charge in [0.25, 0.3) is 0 Å². The highest BCUT2D eigenvalue weighted by Gasteiger charge is 2.50. The number of carbonyl (C=O) groups excluding carboxylic acids is 3. The topological polar surface area (TPSA) is 175 Å². The molecule has 1 aliphatic rings. The minimum Gasteiger partial charge on any atom is -0.479 e. The fraction of sp³-hybridized carbons (Fsp3) is 0.681. The van der Waals surface area contributed by atoms with Gasteiger partial charge in [-0.05, 0) is 96.3 Å². The maximum Gasteiger partial charge on any atom is 0.335 e. The summed E-state index contributed by atoms with van der Waals surface area (Å²) in [5.41, 5.74) is 0. The van der Waals surface area contributed by atoms with E-state index >= 15 is 0 Å². The van der Waals surface area contributed by atoms with Crippen LogP contribution in [0.15, 0.2) is 109 Å². The van der Waals surface area contributed by atoms with Crippen LogP contribution in [0.1, 0.15) is 252 Å². The van der Waals surface area contributed by atoms with Crippen molar-refractivity contribution in [3.8, 4) is 0 Å². The molecule has 0 aromatic rings. The van der Waals surface area contributed by atoms with Gasteiger partial charge in [0.1, 0.15) is 18.8 Å². The van der Waals surface area contributed by atoms with Crippen molar-refractivity contribution >= 4 is 23.9 Å². The zero-order valence-electron chi connectivity index (χ0n) is 50.7. The third-order valence-electron chi connectivity index (χ3n) is 13.8. The molecule has 1 fully saturated rings. The van der Waals surface area contributed by atoms with Gasteiger partial charge in [0.05, 0.1) is 6.61 Å². The molecule has 460 valence electrons. The largest absolute Gasteiger partial charge is 0.479 e. The zero-order chi connectivity index (χ0) is 58.9. The number of carboxylic acids is 1. The Morgan fingerprint density at radius 3 is 1.22 bits per heavy atom. The predicted octanol–water partition coefficient (Wildman–Crippen LogP) is 17.0. The van der Waals surface area contributed by atoms with Crippen molar-refractivity contribution in [2.45, 2.75) is 289 Å². The maximum absolute atomic E-state index is 13.2. The smallest absolute Gasteiger partial charge is 0.335 e.